The smallest absolute Gasteiger partial charge is 0.243 e. The zero-order valence-electron chi connectivity index (χ0n) is 10.9. The standard InChI is InChI=1S/C13H20N2O2S/c1-10-8-12(14)11(2)13(9-10)18(16,17)15-6-4-3-5-7-15/h8-9H,3-7,14H2,1-2H3. The number of benzene rings is 1. The lowest BCUT2D eigenvalue weighted by Gasteiger charge is -2.27. The number of sulfonamides is 1. The highest BCUT2D eigenvalue weighted by molar-refractivity contribution is 7.89. The van der Waals surface area contributed by atoms with Crippen LogP contribution in [0.3, 0.4) is 0 Å². The van der Waals surface area contributed by atoms with E-state index in [-0.39, 0.29) is 0 Å². The molecular weight excluding hydrogens is 248 g/mol. The monoisotopic (exact) mass is 268 g/mol. The highest BCUT2D eigenvalue weighted by atomic mass is 32.2. The van der Waals surface area contributed by atoms with Crippen molar-refractivity contribution in [2.45, 2.75) is 38.0 Å². The molecule has 0 spiro atoms. The first-order chi connectivity index (χ1) is 8.43. The van der Waals surface area contributed by atoms with E-state index in [0.29, 0.717) is 29.2 Å². The molecule has 1 aromatic carbocycles. The first kappa shape index (κ1) is 13.4. The Labute approximate surface area is 109 Å². The molecule has 2 N–H and O–H groups in total. The van der Waals surface area contributed by atoms with Crippen LogP contribution in [-0.2, 0) is 10.0 Å². The molecule has 0 bridgehead atoms. The molecule has 5 heteroatoms. The number of rotatable bonds is 2. The molecular formula is C13H20N2O2S. The van der Waals surface area contributed by atoms with Crippen molar-refractivity contribution >= 4 is 15.7 Å². The summed E-state index contributed by atoms with van der Waals surface area (Å²) in [5, 5.41) is 0. The largest absolute Gasteiger partial charge is 0.398 e. The lowest BCUT2D eigenvalue weighted by molar-refractivity contribution is 0.346. The topological polar surface area (TPSA) is 63.4 Å². The second kappa shape index (κ2) is 4.90. The fraction of sp³-hybridized carbons (Fsp3) is 0.538. The summed E-state index contributed by atoms with van der Waals surface area (Å²) < 4.78 is 26.7. The number of anilines is 1. The Hall–Kier alpha value is -1.07. The van der Waals surface area contributed by atoms with Crippen LogP contribution in [0.1, 0.15) is 30.4 Å². The minimum atomic E-state index is -3.38. The van der Waals surface area contributed by atoms with Crippen molar-refractivity contribution in [1.29, 1.82) is 0 Å². The molecule has 0 aliphatic carbocycles. The molecule has 1 aromatic rings. The Morgan fingerprint density at radius 1 is 1.11 bits per heavy atom. The Morgan fingerprint density at radius 3 is 2.33 bits per heavy atom. The summed E-state index contributed by atoms with van der Waals surface area (Å²) in [5.74, 6) is 0. The van der Waals surface area contributed by atoms with Crippen LogP contribution >= 0.6 is 0 Å². The van der Waals surface area contributed by atoms with Gasteiger partial charge in [0, 0.05) is 18.8 Å². The van der Waals surface area contributed by atoms with Crippen LogP contribution in [0.25, 0.3) is 0 Å². The number of hydrogen-bond acceptors (Lipinski definition) is 3. The lowest BCUT2D eigenvalue weighted by Crippen LogP contribution is -2.36. The summed E-state index contributed by atoms with van der Waals surface area (Å²) in [6.07, 6.45) is 3.00. The normalized spacial score (nSPS) is 17.9. The SMILES string of the molecule is Cc1cc(N)c(C)c(S(=O)(=O)N2CCCCC2)c1. The highest BCUT2D eigenvalue weighted by Gasteiger charge is 2.27. The van der Waals surface area contributed by atoms with Crippen molar-refractivity contribution in [3.63, 3.8) is 0 Å². The van der Waals surface area contributed by atoms with Gasteiger partial charge in [-0.2, -0.15) is 4.31 Å². The number of nitrogen functional groups attached to an aromatic ring is 1. The van der Waals surface area contributed by atoms with Gasteiger partial charge in [-0.15, -0.1) is 0 Å². The van der Waals surface area contributed by atoms with Gasteiger partial charge < -0.3 is 5.73 Å². The Balaban J connectivity index is 2.46. The molecule has 0 atom stereocenters. The van der Waals surface area contributed by atoms with E-state index < -0.39 is 10.0 Å². The van der Waals surface area contributed by atoms with Crippen LogP contribution in [0.2, 0.25) is 0 Å². The van der Waals surface area contributed by atoms with Crippen LogP contribution in [-0.4, -0.2) is 25.8 Å². The summed E-state index contributed by atoms with van der Waals surface area (Å²) in [4.78, 5) is 0.363. The second-order valence-electron chi connectivity index (χ2n) is 4.94. The molecule has 100 valence electrons. The number of aryl methyl sites for hydroxylation is 1. The Bertz CT molecular complexity index is 546. The maximum absolute atomic E-state index is 12.6. The molecule has 1 heterocycles. The van der Waals surface area contributed by atoms with Gasteiger partial charge in [-0.3, -0.25) is 0 Å². The van der Waals surface area contributed by atoms with E-state index >= 15 is 0 Å². The molecule has 18 heavy (non-hydrogen) atoms. The second-order valence-corrected chi connectivity index (χ2v) is 6.85. The van der Waals surface area contributed by atoms with E-state index in [4.69, 9.17) is 5.73 Å². The maximum Gasteiger partial charge on any atom is 0.243 e. The van der Waals surface area contributed by atoms with E-state index in [1.54, 1.807) is 17.3 Å². The van der Waals surface area contributed by atoms with Crippen LogP contribution in [0.4, 0.5) is 5.69 Å². The molecule has 1 fully saturated rings. The van der Waals surface area contributed by atoms with Crippen LogP contribution in [0.15, 0.2) is 17.0 Å². The average molecular weight is 268 g/mol. The molecule has 0 amide bonds. The van der Waals surface area contributed by atoms with Gasteiger partial charge in [0.15, 0.2) is 0 Å². The number of hydrogen-bond donors (Lipinski definition) is 1. The first-order valence-corrected chi connectivity index (χ1v) is 7.74. The first-order valence-electron chi connectivity index (χ1n) is 6.30. The average Bonchev–Trinajstić information content (AvgIpc) is 2.34. The van der Waals surface area contributed by atoms with Gasteiger partial charge in [0.25, 0.3) is 0 Å². The molecule has 0 aromatic heterocycles. The predicted molar refractivity (Wildman–Crippen MR) is 72.9 cm³/mol. The number of piperidine rings is 1. The van der Waals surface area contributed by atoms with Crippen LogP contribution in [0, 0.1) is 13.8 Å². The quantitative estimate of drug-likeness (QED) is 0.835. The molecule has 0 unspecified atom stereocenters. The fourth-order valence-corrected chi connectivity index (χ4v) is 4.22. The van der Waals surface area contributed by atoms with E-state index in [0.717, 1.165) is 24.8 Å². The third-order valence-electron chi connectivity index (χ3n) is 3.48. The van der Waals surface area contributed by atoms with Crippen molar-refractivity contribution in [1.82, 2.24) is 4.31 Å². The van der Waals surface area contributed by atoms with Crippen LogP contribution < -0.4 is 5.73 Å². The summed E-state index contributed by atoms with van der Waals surface area (Å²) in [5.41, 5.74) is 7.95. The molecule has 1 aliphatic heterocycles. The zero-order chi connectivity index (χ0) is 13.3. The van der Waals surface area contributed by atoms with Crippen molar-refractivity contribution in [2.75, 3.05) is 18.8 Å². The Kier molecular flexibility index (Phi) is 3.64. The summed E-state index contributed by atoms with van der Waals surface area (Å²) in [6.45, 7) is 4.88. The summed E-state index contributed by atoms with van der Waals surface area (Å²) in [6, 6.07) is 3.53. The minimum Gasteiger partial charge on any atom is -0.398 e. The van der Waals surface area contributed by atoms with Crippen molar-refractivity contribution in [3.8, 4) is 0 Å². The molecule has 0 radical (unpaired) electrons. The van der Waals surface area contributed by atoms with Gasteiger partial charge in [0.05, 0.1) is 4.90 Å². The lowest BCUT2D eigenvalue weighted by atomic mass is 10.1. The third-order valence-corrected chi connectivity index (χ3v) is 5.50. The molecule has 1 aliphatic rings. The van der Waals surface area contributed by atoms with Gasteiger partial charge in [-0.25, -0.2) is 8.42 Å². The number of nitrogens with two attached hydrogens (primary N) is 1. The van der Waals surface area contributed by atoms with E-state index in [1.165, 1.54) is 0 Å². The van der Waals surface area contributed by atoms with Crippen molar-refractivity contribution in [3.05, 3.63) is 23.3 Å². The van der Waals surface area contributed by atoms with Gasteiger partial charge in [0.2, 0.25) is 10.0 Å². The summed E-state index contributed by atoms with van der Waals surface area (Å²) in [7, 11) is -3.38. The van der Waals surface area contributed by atoms with Gasteiger partial charge in [-0.05, 0) is 49.9 Å². The fourth-order valence-electron chi connectivity index (χ4n) is 2.36. The molecule has 4 nitrogen and oxygen atoms in total. The van der Waals surface area contributed by atoms with Crippen molar-refractivity contribution < 1.29 is 8.42 Å². The van der Waals surface area contributed by atoms with Gasteiger partial charge >= 0.3 is 0 Å². The Morgan fingerprint density at radius 2 is 1.72 bits per heavy atom. The van der Waals surface area contributed by atoms with Crippen molar-refractivity contribution in [2.24, 2.45) is 0 Å². The molecule has 1 saturated heterocycles. The third kappa shape index (κ3) is 2.37. The molecule has 0 saturated carbocycles. The van der Waals surface area contributed by atoms with E-state index in [2.05, 4.69) is 0 Å². The van der Waals surface area contributed by atoms with Gasteiger partial charge in [0.1, 0.15) is 0 Å². The van der Waals surface area contributed by atoms with Gasteiger partial charge in [-0.1, -0.05) is 6.42 Å². The summed E-state index contributed by atoms with van der Waals surface area (Å²) >= 11 is 0. The minimum absolute atomic E-state index is 0.363. The highest BCUT2D eigenvalue weighted by Crippen LogP contribution is 2.27. The number of nitrogens with zero attached hydrogens (tertiary/aromatic N) is 1. The maximum atomic E-state index is 12.6. The van der Waals surface area contributed by atoms with E-state index in [9.17, 15) is 8.42 Å². The molecule has 2 rings (SSSR count). The zero-order valence-corrected chi connectivity index (χ0v) is 11.8. The van der Waals surface area contributed by atoms with E-state index in [1.807, 2.05) is 13.0 Å². The van der Waals surface area contributed by atoms with Crippen LogP contribution in [0.5, 0.6) is 0 Å². The predicted octanol–water partition coefficient (Wildman–Crippen LogP) is 2.06.